The maximum absolute atomic E-state index is 13.3. The van der Waals surface area contributed by atoms with E-state index in [4.69, 9.17) is 4.74 Å². The van der Waals surface area contributed by atoms with Crippen LogP contribution < -0.4 is 5.32 Å². The largest absolute Gasteiger partial charge is 0.373 e. The highest BCUT2D eigenvalue weighted by Crippen LogP contribution is 2.25. The van der Waals surface area contributed by atoms with Crippen LogP contribution in [0.5, 0.6) is 0 Å². The van der Waals surface area contributed by atoms with Crippen molar-refractivity contribution in [3.63, 3.8) is 0 Å². The van der Waals surface area contributed by atoms with Gasteiger partial charge in [-0.15, -0.1) is 0 Å². The average molecular weight is 316 g/mol. The van der Waals surface area contributed by atoms with Crippen molar-refractivity contribution in [2.45, 2.75) is 44.4 Å². The molecule has 18 heavy (non-hydrogen) atoms. The maximum Gasteiger partial charge on any atom is 0.137 e. The lowest BCUT2D eigenvalue weighted by molar-refractivity contribution is 0.0115. The zero-order valence-electron chi connectivity index (χ0n) is 10.6. The van der Waals surface area contributed by atoms with Crippen LogP contribution >= 0.6 is 15.9 Å². The van der Waals surface area contributed by atoms with Gasteiger partial charge in [-0.05, 0) is 60.3 Å². The fraction of sp³-hybridized carbons (Fsp3) is 0.571. The molecule has 0 radical (unpaired) electrons. The van der Waals surface area contributed by atoms with E-state index in [-0.39, 0.29) is 5.82 Å². The Balaban J connectivity index is 1.83. The highest BCUT2D eigenvalue weighted by molar-refractivity contribution is 9.10. The van der Waals surface area contributed by atoms with Crippen molar-refractivity contribution in [1.29, 1.82) is 0 Å². The minimum absolute atomic E-state index is 0.227. The molecule has 1 aromatic rings. The Kier molecular flexibility index (Phi) is 5.15. The highest BCUT2D eigenvalue weighted by atomic mass is 79.9. The number of hydrogen-bond donors (Lipinski definition) is 1. The maximum atomic E-state index is 13.3. The minimum atomic E-state index is -0.227. The molecular weight excluding hydrogens is 297 g/mol. The van der Waals surface area contributed by atoms with Gasteiger partial charge in [0.1, 0.15) is 5.82 Å². The van der Waals surface area contributed by atoms with Gasteiger partial charge in [0.05, 0.1) is 17.2 Å². The van der Waals surface area contributed by atoms with Gasteiger partial charge in [0.2, 0.25) is 0 Å². The molecule has 0 heterocycles. The molecule has 0 saturated heterocycles. The van der Waals surface area contributed by atoms with E-state index in [0.29, 0.717) is 23.2 Å². The van der Waals surface area contributed by atoms with Crippen LogP contribution in [-0.4, -0.2) is 19.2 Å². The predicted molar refractivity (Wildman–Crippen MR) is 74.0 cm³/mol. The first kappa shape index (κ1) is 14.0. The first-order chi connectivity index (χ1) is 8.70. The van der Waals surface area contributed by atoms with Crippen molar-refractivity contribution >= 4 is 15.9 Å². The molecule has 1 aromatic carbocycles. The summed E-state index contributed by atoms with van der Waals surface area (Å²) in [6.07, 6.45) is 4.79. The molecule has 1 fully saturated rings. The fourth-order valence-electron chi connectivity index (χ4n) is 2.39. The molecule has 0 aliphatic heterocycles. The lowest BCUT2D eigenvalue weighted by atomic mass is 9.93. The Labute approximate surface area is 116 Å². The summed E-state index contributed by atoms with van der Waals surface area (Å²) in [5.74, 6) is -0.227. The van der Waals surface area contributed by atoms with Gasteiger partial charge in [-0.1, -0.05) is 12.1 Å². The summed E-state index contributed by atoms with van der Waals surface area (Å²) in [5, 5.41) is 3.30. The van der Waals surface area contributed by atoms with Crippen LogP contribution in [-0.2, 0) is 11.3 Å². The van der Waals surface area contributed by atoms with Gasteiger partial charge in [-0.25, -0.2) is 4.39 Å². The number of nitrogens with one attached hydrogen (secondary N) is 1. The normalized spacial score (nSPS) is 24.2. The number of hydrogen-bond acceptors (Lipinski definition) is 2. The molecule has 0 unspecified atom stereocenters. The zero-order valence-corrected chi connectivity index (χ0v) is 12.2. The van der Waals surface area contributed by atoms with E-state index in [1.165, 1.54) is 6.07 Å². The van der Waals surface area contributed by atoms with Gasteiger partial charge in [-0.2, -0.15) is 0 Å². The first-order valence-electron chi connectivity index (χ1n) is 6.42. The molecule has 1 aliphatic carbocycles. The van der Waals surface area contributed by atoms with Crippen LogP contribution in [0.3, 0.4) is 0 Å². The summed E-state index contributed by atoms with van der Waals surface area (Å²) in [7, 11) is 2.01. The topological polar surface area (TPSA) is 21.3 Å². The quantitative estimate of drug-likeness (QED) is 0.916. The van der Waals surface area contributed by atoms with Crippen molar-refractivity contribution in [2.24, 2.45) is 0 Å². The first-order valence-corrected chi connectivity index (χ1v) is 7.21. The molecule has 1 aliphatic rings. The molecule has 0 aromatic heterocycles. The SMILES string of the molecule is CNC1CCC(OCc2cccc(F)c2Br)CC1. The van der Waals surface area contributed by atoms with E-state index in [9.17, 15) is 4.39 Å². The standard InChI is InChI=1S/C14H19BrFNO/c1-17-11-5-7-12(8-6-11)18-9-10-3-2-4-13(16)14(10)15/h2-4,11-12,17H,5-9H2,1H3. The molecule has 1 N–H and O–H groups in total. The molecule has 0 spiro atoms. The molecule has 2 rings (SSSR count). The Hall–Kier alpha value is -0.450. The molecule has 4 heteroatoms. The summed E-state index contributed by atoms with van der Waals surface area (Å²) >= 11 is 3.26. The van der Waals surface area contributed by atoms with E-state index < -0.39 is 0 Å². The summed E-state index contributed by atoms with van der Waals surface area (Å²) < 4.78 is 19.7. The lowest BCUT2D eigenvalue weighted by Crippen LogP contribution is -2.32. The molecule has 0 atom stereocenters. The third kappa shape index (κ3) is 3.53. The summed E-state index contributed by atoms with van der Waals surface area (Å²) in [5.41, 5.74) is 0.880. The van der Waals surface area contributed by atoms with Gasteiger partial charge in [-0.3, -0.25) is 0 Å². The molecule has 0 amide bonds. The van der Waals surface area contributed by atoms with Gasteiger partial charge in [0.15, 0.2) is 0 Å². The van der Waals surface area contributed by atoms with E-state index in [0.717, 1.165) is 31.2 Å². The van der Waals surface area contributed by atoms with Gasteiger partial charge >= 0.3 is 0 Å². The molecule has 2 nitrogen and oxygen atoms in total. The second-order valence-electron chi connectivity index (χ2n) is 4.79. The lowest BCUT2D eigenvalue weighted by Gasteiger charge is -2.28. The number of benzene rings is 1. The van der Waals surface area contributed by atoms with Crippen LogP contribution in [0, 0.1) is 5.82 Å². The van der Waals surface area contributed by atoms with Crippen LogP contribution in [0.25, 0.3) is 0 Å². The van der Waals surface area contributed by atoms with Crippen LogP contribution in [0.2, 0.25) is 0 Å². The van der Waals surface area contributed by atoms with Crippen molar-refractivity contribution < 1.29 is 9.13 Å². The fourth-order valence-corrected chi connectivity index (χ4v) is 2.76. The second-order valence-corrected chi connectivity index (χ2v) is 5.58. The van der Waals surface area contributed by atoms with E-state index >= 15 is 0 Å². The van der Waals surface area contributed by atoms with Crippen molar-refractivity contribution in [1.82, 2.24) is 5.32 Å². The van der Waals surface area contributed by atoms with E-state index in [2.05, 4.69) is 21.2 Å². The van der Waals surface area contributed by atoms with Crippen LogP contribution in [0.4, 0.5) is 4.39 Å². The van der Waals surface area contributed by atoms with Crippen molar-refractivity contribution in [2.75, 3.05) is 7.05 Å². The Morgan fingerprint density at radius 2 is 2.06 bits per heavy atom. The third-order valence-electron chi connectivity index (χ3n) is 3.59. The summed E-state index contributed by atoms with van der Waals surface area (Å²) in [6.45, 7) is 0.479. The van der Waals surface area contributed by atoms with E-state index in [1.54, 1.807) is 6.07 Å². The predicted octanol–water partition coefficient (Wildman–Crippen LogP) is 3.64. The highest BCUT2D eigenvalue weighted by Gasteiger charge is 2.20. The molecule has 100 valence electrons. The smallest absolute Gasteiger partial charge is 0.137 e. The average Bonchev–Trinajstić information content (AvgIpc) is 2.41. The monoisotopic (exact) mass is 315 g/mol. The second kappa shape index (κ2) is 6.64. The summed E-state index contributed by atoms with van der Waals surface area (Å²) in [4.78, 5) is 0. The molecule has 0 bridgehead atoms. The summed E-state index contributed by atoms with van der Waals surface area (Å²) in [6, 6.07) is 5.69. The van der Waals surface area contributed by atoms with Gasteiger partial charge in [0, 0.05) is 6.04 Å². The van der Waals surface area contributed by atoms with E-state index in [1.807, 2.05) is 13.1 Å². The Morgan fingerprint density at radius 3 is 2.72 bits per heavy atom. The van der Waals surface area contributed by atoms with Crippen molar-refractivity contribution in [3.8, 4) is 0 Å². The third-order valence-corrected chi connectivity index (χ3v) is 4.48. The number of rotatable bonds is 4. The molecule has 1 saturated carbocycles. The zero-order chi connectivity index (χ0) is 13.0. The Bertz CT molecular complexity index is 391. The number of halogens is 2. The number of ether oxygens (including phenoxy) is 1. The van der Waals surface area contributed by atoms with Crippen molar-refractivity contribution in [3.05, 3.63) is 34.1 Å². The van der Waals surface area contributed by atoms with Gasteiger partial charge < -0.3 is 10.1 Å². The molecular formula is C14H19BrFNO. The van der Waals surface area contributed by atoms with Gasteiger partial charge in [0.25, 0.3) is 0 Å². The van der Waals surface area contributed by atoms with Crippen LogP contribution in [0.15, 0.2) is 22.7 Å². The van der Waals surface area contributed by atoms with Crippen LogP contribution in [0.1, 0.15) is 31.2 Å². The Morgan fingerprint density at radius 1 is 1.33 bits per heavy atom. The minimum Gasteiger partial charge on any atom is -0.373 e.